The predicted octanol–water partition coefficient (Wildman–Crippen LogP) is 4.29. The number of methoxy groups -OCH3 is 1. The summed E-state index contributed by atoms with van der Waals surface area (Å²) >= 11 is 5.56. The standard InChI is InChI=1S/C16H16ClF2NO/c1-8-5-15(21-3)9(2)4-10(8)16(20)11-6-14(19)12(17)7-13(11)18/h4-7,16H,20H2,1-3H3. The van der Waals surface area contributed by atoms with Crippen LogP contribution in [0.3, 0.4) is 0 Å². The van der Waals surface area contributed by atoms with Gasteiger partial charge >= 0.3 is 0 Å². The van der Waals surface area contributed by atoms with Crippen LogP contribution in [0, 0.1) is 25.5 Å². The summed E-state index contributed by atoms with van der Waals surface area (Å²) in [5.74, 6) is -0.584. The van der Waals surface area contributed by atoms with E-state index in [1.54, 1.807) is 7.11 Å². The van der Waals surface area contributed by atoms with Crippen LogP contribution in [0.1, 0.15) is 28.3 Å². The van der Waals surface area contributed by atoms with Crippen LogP contribution in [0.15, 0.2) is 24.3 Å². The van der Waals surface area contributed by atoms with Crippen LogP contribution in [-0.2, 0) is 0 Å². The van der Waals surface area contributed by atoms with Gasteiger partial charge in [0.25, 0.3) is 0 Å². The number of ether oxygens (including phenoxy) is 1. The fraction of sp³-hybridized carbons (Fsp3) is 0.250. The van der Waals surface area contributed by atoms with Crippen molar-refractivity contribution >= 4 is 11.6 Å². The molecule has 2 N–H and O–H groups in total. The molecule has 0 saturated heterocycles. The van der Waals surface area contributed by atoms with Crippen LogP contribution in [0.4, 0.5) is 8.78 Å². The number of aryl methyl sites for hydroxylation is 2. The van der Waals surface area contributed by atoms with Gasteiger partial charge in [-0.1, -0.05) is 17.7 Å². The Labute approximate surface area is 127 Å². The second-order valence-corrected chi connectivity index (χ2v) is 5.35. The van der Waals surface area contributed by atoms with Crippen molar-refractivity contribution in [1.29, 1.82) is 0 Å². The molecule has 0 fully saturated rings. The van der Waals surface area contributed by atoms with Gasteiger partial charge in [-0.3, -0.25) is 0 Å². The minimum atomic E-state index is -0.777. The van der Waals surface area contributed by atoms with E-state index < -0.39 is 17.7 Å². The van der Waals surface area contributed by atoms with Crippen LogP contribution in [0.5, 0.6) is 5.75 Å². The molecule has 1 atom stereocenters. The number of benzene rings is 2. The second kappa shape index (κ2) is 6.00. The highest BCUT2D eigenvalue weighted by Gasteiger charge is 2.19. The maximum atomic E-state index is 14.0. The molecule has 2 aromatic carbocycles. The van der Waals surface area contributed by atoms with Crippen molar-refractivity contribution in [3.8, 4) is 5.75 Å². The average Bonchev–Trinajstić information content (AvgIpc) is 2.44. The maximum absolute atomic E-state index is 14.0. The number of halogens is 3. The maximum Gasteiger partial charge on any atom is 0.142 e. The van der Waals surface area contributed by atoms with E-state index in [4.69, 9.17) is 22.1 Å². The molecule has 2 aromatic rings. The second-order valence-electron chi connectivity index (χ2n) is 4.94. The molecule has 1 unspecified atom stereocenters. The SMILES string of the molecule is COc1cc(C)c(C(N)c2cc(F)c(Cl)cc2F)cc1C. The quantitative estimate of drug-likeness (QED) is 0.858. The molecular weight excluding hydrogens is 296 g/mol. The summed E-state index contributed by atoms with van der Waals surface area (Å²) in [6.45, 7) is 3.72. The largest absolute Gasteiger partial charge is 0.496 e. The summed E-state index contributed by atoms with van der Waals surface area (Å²) in [4.78, 5) is 0. The molecule has 0 spiro atoms. The molecule has 0 saturated carbocycles. The summed E-state index contributed by atoms with van der Waals surface area (Å²) in [6, 6.07) is 4.86. The van der Waals surface area contributed by atoms with Gasteiger partial charge in [-0.25, -0.2) is 8.78 Å². The summed E-state index contributed by atoms with van der Waals surface area (Å²) in [6.07, 6.45) is 0. The summed E-state index contributed by atoms with van der Waals surface area (Å²) < 4.78 is 32.8. The van der Waals surface area contributed by atoms with Gasteiger partial charge in [0.2, 0.25) is 0 Å². The minimum Gasteiger partial charge on any atom is -0.496 e. The van der Waals surface area contributed by atoms with Crippen molar-refractivity contribution in [3.63, 3.8) is 0 Å². The number of hydrogen-bond donors (Lipinski definition) is 1. The van der Waals surface area contributed by atoms with Crippen molar-refractivity contribution in [1.82, 2.24) is 0 Å². The van der Waals surface area contributed by atoms with Crippen LogP contribution in [0.2, 0.25) is 5.02 Å². The third-order valence-electron chi connectivity index (χ3n) is 3.49. The molecule has 0 heterocycles. The Morgan fingerprint density at radius 3 is 2.29 bits per heavy atom. The van der Waals surface area contributed by atoms with E-state index in [1.165, 1.54) is 0 Å². The molecule has 0 aliphatic rings. The molecule has 0 amide bonds. The monoisotopic (exact) mass is 311 g/mol. The first-order chi connectivity index (χ1) is 9.85. The highest BCUT2D eigenvalue weighted by molar-refractivity contribution is 6.30. The van der Waals surface area contributed by atoms with E-state index in [1.807, 2.05) is 26.0 Å². The fourth-order valence-corrected chi connectivity index (χ4v) is 2.46. The van der Waals surface area contributed by atoms with Crippen LogP contribution >= 0.6 is 11.6 Å². The normalized spacial score (nSPS) is 12.3. The Kier molecular flexibility index (Phi) is 4.49. The number of rotatable bonds is 3. The highest BCUT2D eigenvalue weighted by Crippen LogP contribution is 2.31. The Hall–Kier alpha value is -1.65. The van der Waals surface area contributed by atoms with E-state index >= 15 is 0 Å². The molecule has 112 valence electrons. The van der Waals surface area contributed by atoms with Gasteiger partial charge in [0.1, 0.15) is 17.4 Å². The van der Waals surface area contributed by atoms with E-state index in [-0.39, 0.29) is 10.6 Å². The van der Waals surface area contributed by atoms with Crippen molar-refractivity contribution in [2.45, 2.75) is 19.9 Å². The van der Waals surface area contributed by atoms with Gasteiger partial charge in [-0.2, -0.15) is 0 Å². The fourth-order valence-electron chi connectivity index (χ4n) is 2.31. The summed E-state index contributed by atoms with van der Waals surface area (Å²) in [7, 11) is 1.58. The zero-order chi connectivity index (χ0) is 15.7. The van der Waals surface area contributed by atoms with E-state index in [0.29, 0.717) is 5.56 Å². The first-order valence-electron chi connectivity index (χ1n) is 6.40. The lowest BCUT2D eigenvalue weighted by Gasteiger charge is -2.18. The van der Waals surface area contributed by atoms with Crippen LogP contribution < -0.4 is 10.5 Å². The van der Waals surface area contributed by atoms with Crippen LogP contribution in [-0.4, -0.2) is 7.11 Å². The Morgan fingerprint density at radius 1 is 1.00 bits per heavy atom. The van der Waals surface area contributed by atoms with Gasteiger partial charge in [-0.15, -0.1) is 0 Å². The van der Waals surface area contributed by atoms with Crippen molar-refractivity contribution in [2.75, 3.05) is 7.11 Å². The van der Waals surface area contributed by atoms with E-state index in [0.717, 1.165) is 29.0 Å². The Balaban J connectivity index is 2.52. The zero-order valence-corrected chi connectivity index (χ0v) is 12.8. The molecule has 5 heteroatoms. The molecule has 0 radical (unpaired) electrons. The third-order valence-corrected chi connectivity index (χ3v) is 3.78. The van der Waals surface area contributed by atoms with Gasteiger partial charge in [-0.05, 0) is 48.7 Å². The van der Waals surface area contributed by atoms with Crippen LogP contribution in [0.25, 0.3) is 0 Å². The van der Waals surface area contributed by atoms with Crippen molar-refractivity contribution < 1.29 is 13.5 Å². The average molecular weight is 312 g/mol. The lowest BCUT2D eigenvalue weighted by Crippen LogP contribution is -2.16. The highest BCUT2D eigenvalue weighted by atomic mass is 35.5. The van der Waals surface area contributed by atoms with E-state index in [9.17, 15) is 8.78 Å². The molecule has 0 bridgehead atoms. The van der Waals surface area contributed by atoms with Crippen molar-refractivity contribution in [2.24, 2.45) is 5.73 Å². The molecule has 0 aliphatic carbocycles. The van der Waals surface area contributed by atoms with Gasteiger partial charge in [0.15, 0.2) is 0 Å². The molecule has 2 rings (SSSR count). The summed E-state index contributed by atoms with van der Waals surface area (Å²) in [5, 5.41) is -0.258. The van der Waals surface area contributed by atoms with E-state index in [2.05, 4.69) is 0 Å². The first kappa shape index (κ1) is 15.7. The van der Waals surface area contributed by atoms with Gasteiger partial charge in [0.05, 0.1) is 18.2 Å². The minimum absolute atomic E-state index is 0.0737. The zero-order valence-electron chi connectivity index (χ0n) is 12.0. The molecule has 2 nitrogen and oxygen atoms in total. The molecule has 0 aliphatic heterocycles. The molecular formula is C16H16ClF2NO. The molecule has 0 aromatic heterocycles. The lowest BCUT2D eigenvalue weighted by molar-refractivity contribution is 0.411. The molecule has 21 heavy (non-hydrogen) atoms. The topological polar surface area (TPSA) is 35.2 Å². The Morgan fingerprint density at radius 2 is 1.67 bits per heavy atom. The first-order valence-corrected chi connectivity index (χ1v) is 6.78. The lowest BCUT2D eigenvalue weighted by atomic mass is 9.93. The smallest absolute Gasteiger partial charge is 0.142 e. The van der Waals surface area contributed by atoms with Crippen molar-refractivity contribution in [3.05, 3.63) is 63.2 Å². The van der Waals surface area contributed by atoms with Gasteiger partial charge < -0.3 is 10.5 Å². The number of hydrogen-bond acceptors (Lipinski definition) is 2. The third kappa shape index (κ3) is 3.01. The van der Waals surface area contributed by atoms with Gasteiger partial charge in [0, 0.05) is 5.56 Å². The Bertz CT molecular complexity index is 688. The number of nitrogens with two attached hydrogens (primary N) is 1. The predicted molar refractivity (Wildman–Crippen MR) is 79.9 cm³/mol. The summed E-state index contributed by atoms with van der Waals surface area (Å²) in [5.41, 5.74) is 8.62.